The molecule has 6 nitrogen and oxygen atoms in total. The highest BCUT2D eigenvalue weighted by Crippen LogP contribution is 2.26. The SMILES string of the molecule is COC(=O)C(CCC(=O)c1ccc(C)cc1)c1ccc([N+](=O)[O-])cc1. The van der Waals surface area contributed by atoms with Gasteiger partial charge in [0.05, 0.1) is 18.0 Å². The summed E-state index contributed by atoms with van der Waals surface area (Å²) in [5.41, 5.74) is 2.20. The summed E-state index contributed by atoms with van der Waals surface area (Å²) in [6.45, 7) is 1.94. The van der Waals surface area contributed by atoms with Gasteiger partial charge in [0.2, 0.25) is 0 Å². The van der Waals surface area contributed by atoms with Gasteiger partial charge in [0.15, 0.2) is 5.78 Å². The van der Waals surface area contributed by atoms with Gasteiger partial charge in [-0.1, -0.05) is 42.0 Å². The highest BCUT2D eigenvalue weighted by Gasteiger charge is 2.23. The number of aryl methyl sites for hydroxylation is 1. The number of rotatable bonds is 7. The second-order valence-electron chi connectivity index (χ2n) is 5.75. The van der Waals surface area contributed by atoms with Crippen LogP contribution in [0.2, 0.25) is 0 Å². The van der Waals surface area contributed by atoms with Crippen LogP contribution in [0.25, 0.3) is 0 Å². The summed E-state index contributed by atoms with van der Waals surface area (Å²) in [6, 6.07) is 13.0. The zero-order valence-electron chi connectivity index (χ0n) is 14.1. The number of nitrogens with zero attached hydrogens (tertiary/aromatic N) is 1. The maximum Gasteiger partial charge on any atom is 0.313 e. The normalized spacial score (nSPS) is 11.6. The molecule has 0 heterocycles. The lowest BCUT2D eigenvalue weighted by Crippen LogP contribution is -2.16. The number of nitro benzene ring substituents is 1. The molecule has 1 atom stereocenters. The average molecular weight is 341 g/mol. The summed E-state index contributed by atoms with van der Waals surface area (Å²) in [4.78, 5) is 34.6. The van der Waals surface area contributed by atoms with E-state index in [0.717, 1.165) is 5.56 Å². The summed E-state index contributed by atoms with van der Waals surface area (Å²) in [6.07, 6.45) is 0.455. The van der Waals surface area contributed by atoms with Gasteiger partial charge in [-0.3, -0.25) is 19.7 Å². The smallest absolute Gasteiger partial charge is 0.313 e. The molecule has 2 aromatic rings. The van der Waals surface area contributed by atoms with Crippen LogP contribution in [0.3, 0.4) is 0 Å². The van der Waals surface area contributed by atoms with Gasteiger partial charge < -0.3 is 4.74 Å². The molecular formula is C19H19NO5. The molecule has 0 aliphatic rings. The van der Waals surface area contributed by atoms with E-state index in [1.807, 2.05) is 19.1 Å². The van der Waals surface area contributed by atoms with Gasteiger partial charge in [-0.15, -0.1) is 0 Å². The summed E-state index contributed by atoms with van der Waals surface area (Å²) < 4.78 is 4.81. The van der Waals surface area contributed by atoms with Crippen LogP contribution in [-0.4, -0.2) is 23.8 Å². The minimum atomic E-state index is -0.639. The second kappa shape index (κ2) is 8.19. The Morgan fingerprint density at radius 2 is 1.68 bits per heavy atom. The van der Waals surface area contributed by atoms with E-state index in [2.05, 4.69) is 0 Å². The summed E-state index contributed by atoms with van der Waals surface area (Å²) in [7, 11) is 1.28. The molecule has 0 fully saturated rings. The van der Waals surface area contributed by atoms with Gasteiger partial charge in [-0.2, -0.15) is 0 Å². The van der Waals surface area contributed by atoms with Crippen LogP contribution >= 0.6 is 0 Å². The zero-order chi connectivity index (χ0) is 18.4. The Labute approximate surface area is 145 Å². The molecule has 0 aromatic heterocycles. The molecule has 0 N–H and O–H groups in total. The number of hydrogen-bond acceptors (Lipinski definition) is 5. The number of carbonyl (C=O) groups excluding carboxylic acids is 2. The Morgan fingerprint density at radius 3 is 2.20 bits per heavy atom. The third-order valence-electron chi connectivity index (χ3n) is 4.03. The van der Waals surface area contributed by atoms with Gasteiger partial charge in [0.1, 0.15) is 0 Å². The first-order valence-corrected chi connectivity index (χ1v) is 7.84. The first kappa shape index (κ1) is 18.3. The van der Waals surface area contributed by atoms with Crippen molar-refractivity contribution in [2.45, 2.75) is 25.7 Å². The molecule has 0 aliphatic carbocycles. The van der Waals surface area contributed by atoms with Crippen molar-refractivity contribution in [3.8, 4) is 0 Å². The number of benzene rings is 2. The molecule has 130 valence electrons. The van der Waals surface area contributed by atoms with Crippen LogP contribution in [0.1, 0.15) is 40.2 Å². The molecule has 6 heteroatoms. The molecule has 2 aromatic carbocycles. The summed E-state index contributed by atoms with van der Waals surface area (Å²) in [5.74, 6) is -1.17. The van der Waals surface area contributed by atoms with Crippen molar-refractivity contribution >= 4 is 17.4 Å². The minimum absolute atomic E-state index is 0.0527. The van der Waals surface area contributed by atoms with Crippen molar-refractivity contribution in [3.05, 3.63) is 75.3 Å². The van der Waals surface area contributed by atoms with Crippen LogP contribution in [0.15, 0.2) is 48.5 Å². The molecular weight excluding hydrogens is 322 g/mol. The van der Waals surface area contributed by atoms with E-state index in [1.165, 1.54) is 31.4 Å². The predicted octanol–water partition coefficient (Wildman–Crippen LogP) is 3.82. The van der Waals surface area contributed by atoms with Gasteiger partial charge in [-0.25, -0.2) is 0 Å². The molecule has 0 amide bonds. The van der Waals surface area contributed by atoms with Gasteiger partial charge in [0.25, 0.3) is 5.69 Å². The first-order chi connectivity index (χ1) is 11.9. The van der Waals surface area contributed by atoms with Crippen molar-refractivity contribution in [1.82, 2.24) is 0 Å². The Morgan fingerprint density at radius 1 is 1.08 bits per heavy atom. The topological polar surface area (TPSA) is 86.5 Å². The maximum atomic E-state index is 12.3. The van der Waals surface area contributed by atoms with E-state index >= 15 is 0 Å². The maximum absolute atomic E-state index is 12.3. The highest BCUT2D eigenvalue weighted by atomic mass is 16.6. The number of esters is 1. The fraction of sp³-hybridized carbons (Fsp3) is 0.263. The lowest BCUT2D eigenvalue weighted by Gasteiger charge is -2.14. The molecule has 0 saturated heterocycles. The van der Waals surface area contributed by atoms with Crippen LogP contribution in [0.4, 0.5) is 5.69 Å². The number of non-ortho nitro benzene ring substituents is 1. The predicted molar refractivity (Wildman–Crippen MR) is 92.6 cm³/mol. The number of methoxy groups -OCH3 is 1. The standard InChI is InChI=1S/C19H19NO5/c1-13-3-5-15(6-4-13)18(21)12-11-17(19(22)25-2)14-7-9-16(10-8-14)20(23)24/h3-10,17H,11-12H2,1-2H3. The second-order valence-corrected chi connectivity index (χ2v) is 5.75. The molecule has 25 heavy (non-hydrogen) atoms. The Bertz CT molecular complexity index is 765. The molecule has 0 aliphatic heterocycles. The van der Waals surface area contributed by atoms with Crippen molar-refractivity contribution in [2.75, 3.05) is 7.11 Å². The zero-order valence-corrected chi connectivity index (χ0v) is 14.1. The molecule has 0 bridgehead atoms. The monoisotopic (exact) mass is 341 g/mol. The Balaban J connectivity index is 2.12. The van der Waals surface area contributed by atoms with E-state index in [-0.39, 0.29) is 24.3 Å². The molecule has 0 saturated carbocycles. The van der Waals surface area contributed by atoms with Gasteiger partial charge in [-0.05, 0) is 18.9 Å². The Kier molecular flexibility index (Phi) is 6.00. The Hall–Kier alpha value is -3.02. The molecule has 0 spiro atoms. The van der Waals surface area contributed by atoms with Crippen molar-refractivity contribution in [1.29, 1.82) is 0 Å². The fourth-order valence-corrected chi connectivity index (χ4v) is 2.55. The van der Waals surface area contributed by atoms with Crippen LogP contribution in [-0.2, 0) is 9.53 Å². The van der Waals surface area contributed by atoms with Crippen molar-refractivity contribution in [3.63, 3.8) is 0 Å². The lowest BCUT2D eigenvalue weighted by molar-refractivity contribution is -0.384. The molecule has 1 unspecified atom stereocenters. The number of hydrogen-bond donors (Lipinski definition) is 0. The third-order valence-corrected chi connectivity index (χ3v) is 4.03. The highest BCUT2D eigenvalue weighted by molar-refractivity contribution is 5.96. The van der Waals surface area contributed by atoms with Crippen molar-refractivity contribution in [2.24, 2.45) is 0 Å². The first-order valence-electron chi connectivity index (χ1n) is 7.84. The minimum Gasteiger partial charge on any atom is -0.469 e. The summed E-state index contributed by atoms with van der Waals surface area (Å²) >= 11 is 0. The van der Waals surface area contributed by atoms with E-state index in [1.54, 1.807) is 12.1 Å². The number of Topliss-reactive ketones (excluding diaryl/α,β-unsaturated/α-hetero) is 1. The number of ketones is 1. The quantitative estimate of drug-likeness (QED) is 0.331. The largest absolute Gasteiger partial charge is 0.469 e. The van der Waals surface area contributed by atoms with Crippen LogP contribution in [0, 0.1) is 17.0 Å². The van der Waals surface area contributed by atoms with E-state index < -0.39 is 16.8 Å². The van der Waals surface area contributed by atoms with Crippen molar-refractivity contribution < 1.29 is 19.2 Å². The molecule has 2 rings (SSSR count). The lowest BCUT2D eigenvalue weighted by atomic mass is 9.92. The average Bonchev–Trinajstić information content (AvgIpc) is 2.62. The van der Waals surface area contributed by atoms with Crippen LogP contribution < -0.4 is 0 Å². The number of carbonyl (C=O) groups is 2. The third kappa shape index (κ3) is 4.73. The number of ether oxygens (including phenoxy) is 1. The van der Waals surface area contributed by atoms with Crippen LogP contribution in [0.5, 0.6) is 0 Å². The number of nitro groups is 1. The van der Waals surface area contributed by atoms with E-state index in [9.17, 15) is 19.7 Å². The summed E-state index contributed by atoms with van der Waals surface area (Å²) in [5, 5.41) is 10.7. The molecule has 0 radical (unpaired) electrons. The van der Waals surface area contributed by atoms with Gasteiger partial charge in [0, 0.05) is 24.1 Å². The fourth-order valence-electron chi connectivity index (χ4n) is 2.55. The van der Waals surface area contributed by atoms with Gasteiger partial charge >= 0.3 is 5.97 Å². The van der Waals surface area contributed by atoms with E-state index in [4.69, 9.17) is 4.74 Å². The van der Waals surface area contributed by atoms with E-state index in [0.29, 0.717) is 11.1 Å².